The second kappa shape index (κ2) is 7.75. The fourth-order valence-electron chi connectivity index (χ4n) is 2.81. The average molecular weight is 360 g/mol. The van der Waals surface area contributed by atoms with E-state index in [2.05, 4.69) is 16.5 Å². The molecule has 0 radical (unpaired) electrons. The first-order chi connectivity index (χ1) is 12.9. The molecule has 3 aromatic rings. The molecule has 6 heteroatoms. The molecule has 1 heterocycles. The second-order valence-electron chi connectivity index (χ2n) is 6.40. The van der Waals surface area contributed by atoms with Crippen LogP contribution < -0.4 is 10.1 Å². The van der Waals surface area contributed by atoms with Crippen LogP contribution in [0.3, 0.4) is 0 Å². The third-order valence-electron chi connectivity index (χ3n) is 3.90. The number of benzene rings is 2. The van der Waals surface area contributed by atoms with Gasteiger partial charge < -0.3 is 10.1 Å². The summed E-state index contributed by atoms with van der Waals surface area (Å²) in [7, 11) is 0. The zero-order chi connectivity index (χ0) is 19.4. The quantitative estimate of drug-likeness (QED) is 0.752. The lowest BCUT2D eigenvalue weighted by molar-refractivity contribution is -0.118. The lowest BCUT2D eigenvalue weighted by atomic mass is 10.1. The number of ether oxygens (including phenoxy) is 1. The normalized spacial score (nSPS) is 10.3. The Bertz CT molecular complexity index is 993. The van der Waals surface area contributed by atoms with Crippen LogP contribution in [0.5, 0.6) is 5.75 Å². The van der Waals surface area contributed by atoms with Gasteiger partial charge in [-0.15, -0.1) is 0 Å². The maximum atomic E-state index is 12.3. The highest BCUT2D eigenvalue weighted by Crippen LogP contribution is 2.20. The van der Waals surface area contributed by atoms with E-state index in [0.29, 0.717) is 17.1 Å². The van der Waals surface area contributed by atoms with Gasteiger partial charge >= 0.3 is 0 Å². The largest absolute Gasteiger partial charge is 0.484 e. The van der Waals surface area contributed by atoms with Crippen LogP contribution in [0.2, 0.25) is 0 Å². The van der Waals surface area contributed by atoms with Crippen LogP contribution in [0.1, 0.15) is 22.4 Å². The number of nitrogens with one attached hydrogen (secondary N) is 1. The molecule has 2 aromatic carbocycles. The minimum absolute atomic E-state index is 0.136. The van der Waals surface area contributed by atoms with E-state index in [-0.39, 0.29) is 12.5 Å². The smallest absolute Gasteiger partial charge is 0.263 e. The van der Waals surface area contributed by atoms with Gasteiger partial charge in [0.15, 0.2) is 6.61 Å². The predicted molar refractivity (Wildman–Crippen MR) is 103 cm³/mol. The molecule has 0 saturated carbocycles. The summed E-state index contributed by atoms with van der Waals surface area (Å²) < 4.78 is 7.20. The maximum Gasteiger partial charge on any atom is 0.263 e. The third-order valence-corrected chi connectivity index (χ3v) is 3.90. The van der Waals surface area contributed by atoms with Gasteiger partial charge in [-0.3, -0.25) is 4.79 Å². The highest BCUT2D eigenvalue weighted by atomic mass is 16.5. The molecule has 0 aliphatic carbocycles. The Kier molecular flexibility index (Phi) is 5.23. The molecule has 1 amide bonds. The van der Waals surface area contributed by atoms with E-state index in [0.717, 1.165) is 22.5 Å². The summed E-state index contributed by atoms with van der Waals surface area (Å²) >= 11 is 0. The third kappa shape index (κ3) is 4.53. The standard InChI is InChI=1S/C21H20N4O2/c1-14-8-15(2)10-18(9-14)25-20(11-16(3)24-25)23-21(26)13-27-19-6-4-17(12-22)5-7-19/h4-11H,13H2,1-3H3,(H,23,26). The zero-order valence-corrected chi connectivity index (χ0v) is 15.5. The first-order valence-corrected chi connectivity index (χ1v) is 8.53. The number of aryl methyl sites for hydroxylation is 3. The summed E-state index contributed by atoms with van der Waals surface area (Å²) in [5.74, 6) is 0.832. The van der Waals surface area contributed by atoms with E-state index in [1.165, 1.54) is 0 Å². The first-order valence-electron chi connectivity index (χ1n) is 8.53. The SMILES string of the molecule is Cc1cc(C)cc(-n2nc(C)cc2NC(=O)COc2ccc(C#N)cc2)c1. The monoisotopic (exact) mass is 360 g/mol. The Labute approximate surface area is 158 Å². The molecule has 3 rings (SSSR count). The van der Waals surface area contributed by atoms with Crippen molar-refractivity contribution < 1.29 is 9.53 Å². The Morgan fingerprint density at radius 3 is 2.41 bits per heavy atom. The number of aromatic nitrogens is 2. The van der Waals surface area contributed by atoms with Crippen molar-refractivity contribution >= 4 is 11.7 Å². The summed E-state index contributed by atoms with van der Waals surface area (Å²) in [4.78, 5) is 12.3. The van der Waals surface area contributed by atoms with Gasteiger partial charge in [-0.25, -0.2) is 4.68 Å². The number of nitrogens with zero attached hydrogens (tertiary/aromatic N) is 3. The summed E-state index contributed by atoms with van der Waals surface area (Å²) in [6.45, 7) is 5.79. The van der Waals surface area contributed by atoms with E-state index < -0.39 is 0 Å². The molecule has 0 aliphatic heterocycles. The lowest BCUT2D eigenvalue weighted by Crippen LogP contribution is -2.21. The van der Waals surface area contributed by atoms with Gasteiger partial charge in [0.05, 0.1) is 23.0 Å². The van der Waals surface area contributed by atoms with Crippen LogP contribution in [0.4, 0.5) is 5.82 Å². The van der Waals surface area contributed by atoms with Crippen molar-refractivity contribution in [1.29, 1.82) is 5.26 Å². The number of nitriles is 1. The second-order valence-corrected chi connectivity index (χ2v) is 6.40. The van der Waals surface area contributed by atoms with Gasteiger partial charge in [-0.1, -0.05) is 6.07 Å². The van der Waals surface area contributed by atoms with Gasteiger partial charge in [-0.2, -0.15) is 10.4 Å². The molecule has 0 aliphatic rings. The summed E-state index contributed by atoms with van der Waals surface area (Å²) in [5.41, 5.74) is 4.49. The highest BCUT2D eigenvalue weighted by molar-refractivity contribution is 5.91. The van der Waals surface area contributed by atoms with E-state index >= 15 is 0 Å². The van der Waals surface area contributed by atoms with Crippen molar-refractivity contribution in [1.82, 2.24) is 9.78 Å². The molecule has 0 unspecified atom stereocenters. The zero-order valence-electron chi connectivity index (χ0n) is 15.5. The maximum absolute atomic E-state index is 12.3. The number of carbonyl (C=O) groups is 1. The van der Waals surface area contributed by atoms with Crippen molar-refractivity contribution in [2.75, 3.05) is 11.9 Å². The molecular formula is C21H20N4O2. The van der Waals surface area contributed by atoms with Crippen LogP contribution in [0.25, 0.3) is 5.69 Å². The fourth-order valence-corrected chi connectivity index (χ4v) is 2.81. The molecule has 0 spiro atoms. The van der Waals surface area contributed by atoms with E-state index in [4.69, 9.17) is 10.00 Å². The molecule has 0 fully saturated rings. The molecule has 136 valence electrons. The van der Waals surface area contributed by atoms with E-state index in [9.17, 15) is 4.79 Å². The fraction of sp³-hybridized carbons (Fsp3) is 0.190. The van der Waals surface area contributed by atoms with E-state index in [1.807, 2.05) is 45.0 Å². The Balaban J connectivity index is 1.71. The number of anilines is 1. The van der Waals surface area contributed by atoms with Crippen LogP contribution in [0, 0.1) is 32.1 Å². The molecular weight excluding hydrogens is 340 g/mol. The predicted octanol–water partition coefficient (Wildman–Crippen LogP) is 3.69. The molecule has 1 aromatic heterocycles. The molecule has 0 saturated heterocycles. The Hall–Kier alpha value is -3.59. The number of hydrogen-bond donors (Lipinski definition) is 1. The van der Waals surface area contributed by atoms with Gasteiger partial charge in [0.2, 0.25) is 0 Å². The molecule has 6 nitrogen and oxygen atoms in total. The minimum atomic E-state index is -0.287. The molecule has 27 heavy (non-hydrogen) atoms. The Morgan fingerprint density at radius 2 is 1.78 bits per heavy atom. The van der Waals surface area contributed by atoms with Crippen molar-refractivity contribution in [3.8, 4) is 17.5 Å². The minimum Gasteiger partial charge on any atom is -0.484 e. The molecule has 1 N–H and O–H groups in total. The molecule has 0 atom stereocenters. The first kappa shape index (κ1) is 18.2. The van der Waals surface area contributed by atoms with Gasteiger partial charge in [-0.05, 0) is 68.3 Å². The number of hydrogen-bond acceptors (Lipinski definition) is 4. The Morgan fingerprint density at radius 1 is 1.11 bits per heavy atom. The highest BCUT2D eigenvalue weighted by Gasteiger charge is 2.12. The van der Waals surface area contributed by atoms with Crippen LogP contribution in [-0.2, 0) is 4.79 Å². The van der Waals surface area contributed by atoms with Crippen molar-refractivity contribution in [2.45, 2.75) is 20.8 Å². The number of amides is 1. The topological polar surface area (TPSA) is 79.9 Å². The van der Waals surface area contributed by atoms with Crippen molar-refractivity contribution in [3.63, 3.8) is 0 Å². The lowest BCUT2D eigenvalue weighted by Gasteiger charge is -2.11. The van der Waals surface area contributed by atoms with Gasteiger partial charge in [0.25, 0.3) is 5.91 Å². The van der Waals surface area contributed by atoms with E-state index in [1.54, 1.807) is 28.9 Å². The van der Waals surface area contributed by atoms with Crippen LogP contribution in [0.15, 0.2) is 48.5 Å². The van der Waals surface area contributed by atoms with Crippen LogP contribution in [-0.4, -0.2) is 22.3 Å². The number of carbonyl (C=O) groups excluding carboxylic acids is 1. The summed E-state index contributed by atoms with van der Waals surface area (Å²) in [5, 5.41) is 16.1. The van der Waals surface area contributed by atoms with Crippen molar-refractivity contribution in [3.05, 3.63) is 70.9 Å². The molecule has 0 bridgehead atoms. The van der Waals surface area contributed by atoms with Crippen molar-refractivity contribution in [2.24, 2.45) is 0 Å². The summed E-state index contributed by atoms with van der Waals surface area (Å²) in [6.07, 6.45) is 0. The average Bonchev–Trinajstić information content (AvgIpc) is 3.00. The number of rotatable bonds is 5. The summed E-state index contributed by atoms with van der Waals surface area (Å²) in [6, 6.07) is 16.6. The van der Waals surface area contributed by atoms with Gasteiger partial charge in [0, 0.05) is 6.07 Å². The van der Waals surface area contributed by atoms with Crippen LogP contribution >= 0.6 is 0 Å². The van der Waals surface area contributed by atoms with Gasteiger partial charge in [0.1, 0.15) is 11.6 Å².